The fourth-order valence-electron chi connectivity index (χ4n) is 2.84. The van der Waals surface area contributed by atoms with E-state index in [0.717, 1.165) is 28.3 Å². The Hall–Kier alpha value is -2.20. The third-order valence-electron chi connectivity index (χ3n) is 4.09. The van der Waals surface area contributed by atoms with Crippen LogP contribution in [-0.4, -0.2) is 52.6 Å². The summed E-state index contributed by atoms with van der Waals surface area (Å²) in [7, 11) is -3.65. The van der Waals surface area contributed by atoms with Crippen molar-refractivity contribution in [3.8, 4) is 0 Å². The normalized spacial score (nSPS) is 16.2. The zero-order valence-corrected chi connectivity index (χ0v) is 14.7. The summed E-state index contributed by atoms with van der Waals surface area (Å²) in [6.07, 6.45) is 3.94. The SMILES string of the molecule is CCOC(=O)Cn1nc2ccc(S(=O)(=O)N3CCCCC3)cn2c1=O. The van der Waals surface area contributed by atoms with Crippen molar-refractivity contribution in [2.45, 2.75) is 37.6 Å². The van der Waals surface area contributed by atoms with Gasteiger partial charge in [0.2, 0.25) is 10.0 Å². The molecule has 0 radical (unpaired) electrons. The van der Waals surface area contributed by atoms with Crippen molar-refractivity contribution in [3.05, 3.63) is 28.8 Å². The number of piperidine rings is 1. The lowest BCUT2D eigenvalue weighted by atomic mass is 10.2. The second kappa shape index (κ2) is 6.96. The van der Waals surface area contributed by atoms with Gasteiger partial charge in [-0.2, -0.15) is 4.31 Å². The van der Waals surface area contributed by atoms with Gasteiger partial charge in [-0.25, -0.2) is 22.3 Å². The zero-order chi connectivity index (χ0) is 18.0. The van der Waals surface area contributed by atoms with Crippen LogP contribution in [-0.2, 0) is 26.1 Å². The number of pyridine rings is 1. The van der Waals surface area contributed by atoms with Gasteiger partial charge in [-0.1, -0.05) is 6.42 Å². The lowest BCUT2D eigenvalue weighted by Gasteiger charge is -2.25. The Balaban J connectivity index is 1.95. The molecule has 9 nitrogen and oxygen atoms in total. The molecule has 0 bridgehead atoms. The summed E-state index contributed by atoms with van der Waals surface area (Å²) in [4.78, 5) is 24.0. The minimum absolute atomic E-state index is 0.0414. The predicted octanol–water partition coefficient (Wildman–Crippen LogP) is 0.234. The highest BCUT2D eigenvalue weighted by Crippen LogP contribution is 2.20. The van der Waals surface area contributed by atoms with E-state index in [4.69, 9.17) is 4.74 Å². The molecule has 2 aromatic rings. The summed E-state index contributed by atoms with van der Waals surface area (Å²) in [5.41, 5.74) is -0.314. The summed E-state index contributed by atoms with van der Waals surface area (Å²) in [5, 5.41) is 4.03. The number of esters is 1. The molecule has 2 aromatic heterocycles. The van der Waals surface area contributed by atoms with E-state index in [1.807, 2.05) is 0 Å². The van der Waals surface area contributed by atoms with Crippen LogP contribution in [0.4, 0.5) is 0 Å². The molecule has 1 saturated heterocycles. The third-order valence-corrected chi connectivity index (χ3v) is 5.97. The molecule has 0 amide bonds. The second-order valence-electron chi connectivity index (χ2n) is 5.80. The average Bonchev–Trinajstić information content (AvgIpc) is 2.91. The van der Waals surface area contributed by atoms with Crippen LogP contribution < -0.4 is 5.69 Å². The predicted molar refractivity (Wildman–Crippen MR) is 88.7 cm³/mol. The summed E-state index contributed by atoms with van der Waals surface area (Å²) in [6, 6.07) is 2.89. The van der Waals surface area contributed by atoms with Crippen LogP contribution in [0.3, 0.4) is 0 Å². The maximum atomic E-state index is 12.7. The lowest BCUT2D eigenvalue weighted by Crippen LogP contribution is -2.35. The first-order valence-corrected chi connectivity index (χ1v) is 9.62. The Morgan fingerprint density at radius 2 is 1.96 bits per heavy atom. The largest absolute Gasteiger partial charge is 0.465 e. The molecule has 1 aliphatic heterocycles. The topological polar surface area (TPSA) is 103 Å². The molecule has 0 unspecified atom stereocenters. The molecule has 0 spiro atoms. The molecule has 0 aromatic carbocycles. The van der Waals surface area contributed by atoms with E-state index in [0.29, 0.717) is 13.1 Å². The molecule has 3 heterocycles. The minimum atomic E-state index is -3.65. The van der Waals surface area contributed by atoms with Crippen molar-refractivity contribution in [3.63, 3.8) is 0 Å². The molecule has 136 valence electrons. The Labute approximate surface area is 144 Å². The fourth-order valence-corrected chi connectivity index (χ4v) is 4.35. The van der Waals surface area contributed by atoms with E-state index in [1.165, 1.54) is 22.6 Å². The molecule has 0 atom stereocenters. The van der Waals surface area contributed by atoms with Gasteiger partial charge in [0.05, 0.1) is 11.5 Å². The molecule has 1 fully saturated rings. The number of rotatable bonds is 5. The number of ether oxygens (including phenoxy) is 1. The van der Waals surface area contributed by atoms with Crippen LogP contribution in [0, 0.1) is 0 Å². The highest BCUT2D eigenvalue weighted by atomic mass is 32.2. The van der Waals surface area contributed by atoms with Gasteiger partial charge >= 0.3 is 11.7 Å². The average molecular weight is 368 g/mol. The van der Waals surface area contributed by atoms with Crippen molar-refractivity contribution in [2.24, 2.45) is 0 Å². The van der Waals surface area contributed by atoms with E-state index in [1.54, 1.807) is 6.92 Å². The van der Waals surface area contributed by atoms with Crippen LogP contribution in [0.2, 0.25) is 0 Å². The summed E-state index contributed by atoms with van der Waals surface area (Å²) in [6.45, 7) is 2.53. The van der Waals surface area contributed by atoms with Crippen molar-refractivity contribution in [1.82, 2.24) is 18.5 Å². The number of carbonyl (C=O) groups is 1. The molecule has 0 aliphatic carbocycles. The standard InChI is InChI=1S/C15H20N4O5S/c1-2-24-14(20)11-19-15(21)18-10-12(6-7-13(18)16-19)25(22,23)17-8-4-3-5-9-17/h6-7,10H,2-5,8-9,11H2,1H3. The molecule has 1 aliphatic rings. The van der Waals surface area contributed by atoms with E-state index in [9.17, 15) is 18.0 Å². The molecular weight excluding hydrogens is 348 g/mol. The molecule has 10 heteroatoms. The number of sulfonamides is 1. The Bertz CT molecular complexity index is 940. The van der Waals surface area contributed by atoms with Crippen LogP contribution in [0.15, 0.2) is 28.0 Å². The van der Waals surface area contributed by atoms with Gasteiger partial charge in [0, 0.05) is 19.3 Å². The highest BCUT2D eigenvalue weighted by Gasteiger charge is 2.26. The van der Waals surface area contributed by atoms with Crippen LogP contribution in [0.25, 0.3) is 5.65 Å². The van der Waals surface area contributed by atoms with Gasteiger partial charge in [0.15, 0.2) is 5.65 Å². The summed E-state index contributed by atoms with van der Waals surface area (Å²) < 4.78 is 33.8. The van der Waals surface area contributed by atoms with Crippen molar-refractivity contribution in [2.75, 3.05) is 19.7 Å². The van der Waals surface area contributed by atoms with E-state index in [-0.39, 0.29) is 23.7 Å². The number of nitrogens with zero attached hydrogens (tertiary/aromatic N) is 4. The number of carbonyl (C=O) groups excluding carboxylic acids is 1. The van der Waals surface area contributed by atoms with Crippen molar-refractivity contribution in [1.29, 1.82) is 0 Å². The van der Waals surface area contributed by atoms with Crippen LogP contribution >= 0.6 is 0 Å². The first kappa shape index (κ1) is 17.6. The van der Waals surface area contributed by atoms with E-state index < -0.39 is 21.7 Å². The quantitative estimate of drug-likeness (QED) is 0.700. The maximum absolute atomic E-state index is 12.7. The number of fused-ring (bicyclic) bond motifs is 1. The molecule has 25 heavy (non-hydrogen) atoms. The number of aromatic nitrogens is 3. The van der Waals surface area contributed by atoms with E-state index >= 15 is 0 Å². The maximum Gasteiger partial charge on any atom is 0.350 e. The van der Waals surface area contributed by atoms with Crippen LogP contribution in [0.1, 0.15) is 26.2 Å². The second-order valence-corrected chi connectivity index (χ2v) is 7.74. The van der Waals surface area contributed by atoms with Gasteiger partial charge in [-0.05, 0) is 31.9 Å². The highest BCUT2D eigenvalue weighted by molar-refractivity contribution is 7.89. The third kappa shape index (κ3) is 3.45. The first-order valence-electron chi connectivity index (χ1n) is 8.18. The summed E-state index contributed by atoms with van der Waals surface area (Å²) >= 11 is 0. The molecule has 0 saturated carbocycles. The van der Waals surface area contributed by atoms with Crippen LogP contribution in [0.5, 0.6) is 0 Å². The zero-order valence-electron chi connectivity index (χ0n) is 13.9. The Kier molecular flexibility index (Phi) is 4.91. The lowest BCUT2D eigenvalue weighted by molar-refractivity contribution is -0.144. The van der Waals surface area contributed by atoms with Gasteiger partial charge in [-0.15, -0.1) is 5.10 Å². The van der Waals surface area contributed by atoms with Crippen molar-refractivity contribution >= 4 is 21.6 Å². The summed E-state index contributed by atoms with van der Waals surface area (Å²) in [5.74, 6) is -0.575. The number of hydrogen-bond acceptors (Lipinski definition) is 6. The first-order chi connectivity index (χ1) is 11.9. The van der Waals surface area contributed by atoms with Gasteiger partial charge in [0.25, 0.3) is 0 Å². The smallest absolute Gasteiger partial charge is 0.350 e. The fraction of sp³-hybridized carbons (Fsp3) is 0.533. The Morgan fingerprint density at radius 3 is 2.64 bits per heavy atom. The number of hydrogen-bond donors (Lipinski definition) is 0. The Morgan fingerprint density at radius 1 is 1.24 bits per heavy atom. The van der Waals surface area contributed by atoms with Gasteiger partial charge in [-0.3, -0.25) is 4.79 Å². The molecule has 3 rings (SSSR count). The van der Waals surface area contributed by atoms with Gasteiger partial charge < -0.3 is 4.74 Å². The minimum Gasteiger partial charge on any atom is -0.465 e. The molecule has 0 N–H and O–H groups in total. The monoisotopic (exact) mass is 368 g/mol. The van der Waals surface area contributed by atoms with E-state index in [2.05, 4.69) is 5.10 Å². The van der Waals surface area contributed by atoms with Gasteiger partial charge in [0.1, 0.15) is 6.54 Å². The molecular formula is C15H20N4O5S. The van der Waals surface area contributed by atoms with Crippen molar-refractivity contribution < 1.29 is 17.9 Å².